The summed E-state index contributed by atoms with van der Waals surface area (Å²) in [4.78, 5) is 27.5. The average Bonchev–Trinajstić information content (AvgIpc) is 2.49. The predicted octanol–water partition coefficient (Wildman–Crippen LogP) is 1.72. The van der Waals surface area contributed by atoms with Crippen LogP contribution in [-0.2, 0) is 9.59 Å². The molecule has 2 N–H and O–H groups in total. The minimum Gasteiger partial charge on any atom is -0.332 e. The molecule has 0 aromatic heterocycles. The minimum absolute atomic E-state index is 0.0268. The number of likely N-dealkylation sites (N-methyl/N-ethyl adjacent to an activating group) is 1. The van der Waals surface area contributed by atoms with E-state index in [0.29, 0.717) is 18.4 Å². The van der Waals surface area contributed by atoms with Crippen LogP contribution in [0.15, 0.2) is 22.7 Å². The van der Waals surface area contributed by atoms with Crippen LogP contribution >= 0.6 is 15.9 Å². The van der Waals surface area contributed by atoms with Crippen molar-refractivity contribution < 1.29 is 14.5 Å². The van der Waals surface area contributed by atoms with Gasteiger partial charge in [-0.15, -0.1) is 0 Å². The third-order valence-electron chi connectivity index (χ3n) is 4.75. The number of hydrogen-bond acceptors (Lipinski definition) is 2. The quantitative estimate of drug-likeness (QED) is 0.776. The van der Waals surface area contributed by atoms with Crippen molar-refractivity contribution in [3.63, 3.8) is 0 Å². The molecule has 0 saturated carbocycles. The summed E-state index contributed by atoms with van der Waals surface area (Å²) < 4.78 is 0.975. The van der Waals surface area contributed by atoms with E-state index in [9.17, 15) is 9.59 Å². The number of hydrogen-bond donors (Lipinski definition) is 2. The number of benzene rings is 1. The predicted molar refractivity (Wildman–Crippen MR) is 104 cm³/mol. The number of amides is 2. The summed E-state index contributed by atoms with van der Waals surface area (Å²) in [6, 6.07) is 5.70. The van der Waals surface area contributed by atoms with Crippen LogP contribution < -0.4 is 10.2 Å². The Bertz CT molecular complexity index is 625. The van der Waals surface area contributed by atoms with E-state index in [-0.39, 0.29) is 18.4 Å². The Kier molecular flexibility index (Phi) is 7.02. The lowest BCUT2D eigenvalue weighted by Crippen LogP contribution is -3.15. The number of likely N-dealkylation sites (tertiary alicyclic amines) is 1. The molecule has 6 heteroatoms. The number of carbonyl (C=O) groups excluding carboxylic acids is 2. The van der Waals surface area contributed by atoms with E-state index in [1.165, 1.54) is 16.2 Å². The number of nitrogens with zero attached hydrogens (tertiary/aromatic N) is 1. The molecule has 1 aliphatic rings. The maximum atomic E-state index is 12.4. The van der Waals surface area contributed by atoms with Crippen molar-refractivity contribution in [1.29, 1.82) is 0 Å². The van der Waals surface area contributed by atoms with Gasteiger partial charge in [-0.25, -0.2) is 0 Å². The van der Waals surface area contributed by atoms with Crippen LogP contribution in [0.25, 0.3) is 0 Å². The molecule has 0 radical (unpaired) electrons. The monoisotopic (exact) mass is 410 g/mol. The lowest BCUT2D eigenvalue weighted by atomic mass is 9.92. The Labute approximate surface area is 158 Å². The second-order valence-corrected chi connectivity index (χ2v) is 8.45. The second-order valence-electron chi connectivity index (χ2n) is 7.54. The fourth-order valence-corrected chi connectivity index (χ4v) is 4.15. The number of carbonyl (C=O) groups is 2. The summed E-state index contributed by atoms with van der Waals surface area (Å²) in [6.07, 6.45) is 1.24. The van der Waals surface area contributed by atoms with Crippen LogP contribution in [-0.4, -0.2) is 49.9 Å². The van der Waals surface area contributed by atoms with E-state index in [4.69, 9.17) is 0 Å². The Balaban J connectivity index is 1.84. The highest BCUT2D eigenvalue weighted by atomic mass is 79.9. The van der Waals surface area contributed by atoms with Crippen LogP contribution in [0.3, 0.4) is 0 Å². The van der Waals surface area contributed by atoms with Crippen LogP contribution in [0.2, 0.25) is 0 Å². The Morgan fingerprint density at radius 1 is 1.28 bits per heavy atom. The molecule has 2 rings (SSSR count). The van der Waals surface area contributed by atoms with E-state index in [1.54, 1.807) is 7.05 Å². The van der Waals surface area contributed by atoms with Gasteiger partial charge in [-0.05, 0) is 37.1 Å². The maximum Gasteiger partial charge on any atom is 0.277 e. The Morgan fingerprint density at radius 3 is 2.52 bits per heavy atom. The van der Waals surface area contributed by atoms with Crippen molar-refractivity contribution in [2.24, 2.45) is 11.8 Å². The highest BCUT2D eigenvalue weighted by molar-refractivity contribution is 9.10. The molecular weight excluding hydrogens is 382 g/mol. The van der Waals surface area contributed by atoms with Gasteiger partial charge >= 0.3 is 0 Å². The highest BCUT2D eigenvalue weighted by Crippen LogP contribution is 2.19. The molecule has 25 heavy (non-hydrogen) atoms. The van der Waals surface area contributed by atoms with Gasteiger partial charge in [0.15, 0.2) is 6.54 Å². The fourth-order valence-electron chi connectivity index (χ4n) is 3.68. The van der Waals surface area contributed by atoms with Gasteiger partial charge in [0.05, 0.1) is 19.6 Å². The smallest absolute Gasteiger partial charge is 0.277 e. The second kappa shape index (κ2) is 8.81. The first-order valence-corrected chi connectivity index (χ1v) is 9.67. The largest absolute Gasteiger partial charge is 0.332 e. The Morgan fingerprint density at radius 2 is 1.92 bits per heavy atom. The first kappa shape index (κ1) is 19.9. The lowest BCUT2D eigenvalue weighted by Gasteiger charge is -2.32. The molecule has 0 bridgehead atoms. The first-order valence-electron chi connectivity index (χ1n) is 8.88. The summed E-state index contributed by atoms with van der Waals surface area (Å²) >= 11 is 3.41. The van der Waals surface area contributed by atoms with Gasteiger partial charge in [-0.3, -0.25) is 9.59 Å². The average molecular weight is 411 g/mol. The fraction of sp³-hybridized carbons (Fsp3) is 0.579. The molecule has 0 spiro atoms. The number of nitrogens with one attached hydrogen (secondary N) is 2. The molecule has 1 aliphatic heterocycles. The summed E-state index contributed by atoms with van der Waals surface area (Å²) in [5.74, 6) is 1.16. The van der Waals surface area contributed by atoms with E-state index in [2.05, 4.69) is 35.1 Å². The van der Waals surface area contributed by atoms with Gasteiger partial charge in [-0.1, -0.05) is 29.8 Å². The summed E-state index contributed by atoms with van der Waals surface area (Å²) in [7, 11) is 1.70. The third-order valence-corrected chi connectivity index (χ3v) is 5.24. The van der Waals surface area contributed by atoms with Crippen molar-refractivity contribution in [3.05, 3.63) is 28.2 Å². The number of halogens is 1. The van der Waals surface area contributed by atoms with Crippen molar-refractivity contribution in [3.8, 4) is 0 Å². The van der Waals surface area contributed by atoms with Crippen molar-refractivity contribution in [2.45, 2.75) is 27.2 Å². The lowest BCUT2D eigenvalue weighted by molar-refractivity contribution is -0.904. The maximum absolute atomic E-state index is 12.4. The SMILES string of the molecule is Cc1cc(Br)ccc1NC(=O)CN(C)C(=O)C[NH+]1C[C@@H](C)C[C@H](C)C1. The van der Waals surface area contributed by atoms with Gasteiger partial charge in [0.25, 0.3) is 5.91 Å². The normalized spacial score (nSPS) is 23.2. The van der Waals surface area contributed by atoms with Crippen LogP contribution in [0.1, 0.15) is 25.8 Å². The number of aryl methyl sites for hydroxylation is 1. The highest BCUT2D eigenvalue weighted by Gasteiger charge is 2.28. The van der Waals surface area contributed by atoms with Gasteiger partial charge in [0.1, 0.15) is 0 Å². The van der Waals surface area contributed by atoms with Crippen molar-refractivity contribution >= 4 is 33.4 Å². The third kappa shape index (κ3) is 6.12. The van der Waals surface area contributed by atoms with Crippen molar-refractivity contribution in [1.82, 2.24) is 4.90 Å². The van der Waals surface area contributed by atoms with Gasteiger partial charge in [-0.2, -0.15) is 0 Å². The molecule has 5 nitrogen and oxygen atoms in total. The molecule has 1 saturated heterocycles. The van der Waals surface area contributed by atoms with Crippen LogP contribution in [0.4, 0.5) is 5.69 Å². The van der Waals surface area contributed by atoms with Crippen molar-refractivity contribution in [2.75, 3.05) is 38.5 Å². The van der Waals surface area contributed by atoms with E-state index in [0.717, 1.165) is 28.8 Å². The van der Waals surface area contributed by atoms with Gasteiger partial charge in [0.2, 0.25) is 5.91 Å². The van der Waals surface area contributed by atoms with Crippen LogP contribution in [0, 0.1) is 18.8 Å². The zero-order valence-corrected chi connectivity index (χ0v) is 17.1. The molecule has 1 heterocycles. The molecule has 0 aliphatic carbocycles. The topological polar surface area (TPSA) is 53.9 Å². The number of anilines is 1. The molecule has 2 atom stereocenters. The standard InChI is InChI=1S/C19H28BrN3O2/c1-13-7-14(2)10-23(9-13)12-19(25)22(4)11-18(24)21-17-6-5-16(20)8-15(17)3/h5-6,8,13-14H,7,9-12H2,1-4H3,(H,21,24)/p+1/t13-,14-/m0/s1. The zero-order valence-electron chi connectivity index (χ0n) is 15.6. The minimum atomic E-state index is -0.170. The number of piperidine rings is 1. The van der Waals surface area contributed by atoms with Gasteiger partial charge < -0.3 is 15.1 Å². The molecule has 1 fully saturated rings. The summed E-state index contributed by atoms with van der Waals surface area (Å²) in [5.41, 5.74) is 1.76. The molecule has 2 amide bonds. The molecular formula is C19H29BrN3O2+. The Hall–Kier alpha value is -1.40. The van der Waals surface area contributed by atoms with Gasteiger partial charge in [0, 0.05) is 29.0 Å². The van der Waals surface area contributed by atoms with E-state index in [1.807, 2.05) is 25.1 Å². The molecule has 138 valence electrons. The number of quaternary nitrogens is 1. The first-order chi connectivity index (χ1) is 11.7. The summed E-state index contributed by atoms with van der Waals surface area (Å²) in [6.45, 7) is 9.05. The zero-order chi connectivity index (χ0) is 18.6. The number of rotatable bonds is 5. The van der Waals surface area contributed by atoms with Crippen LogP contribution in [0.5, 0.6) is 0 Å². The van der Waals surface area contributed by atoms with E-state index >= 15 is 0 Å². The molecule has 1 aromatic rings. The van der Waals surface area contributed by atoms with E-state index < -0.39 is 0 Å². The molecule has 1 aromatic carbocycles. The summed E-state index contributed by atoms with van der Waals surface area (Å²) in [5, 5.41) is 2.88. The molecule has 0 unspecified atom stereocenters.